The minimum Gasteiger partial charge on any atom is -0.493 e. The number of nitrogens with one attached hydrogen (secondary N) is 1. The van der Waals surface area contributed by atoms with Crippen molar-refractivity contribution in [2.24, 2.45) is 0 Å². The third-order valence-corrected chi connectivity index (χ3v) is 8.57. The second-order valence-electron chi connectivity index (χ2n) is 7.05. The number of benzene rings is 2. The summed E-state index contributed by atoms with van der Waals surface area (Å²) in [7, 11) is -3.49. The predicted molar refractivity (Wildman–Crippen MR) is 127 cm³/mol. The molecule has 0 radical (unpaired) electrons. The van der Waals surface area contributed by atoms with Crippen LogP contribution in [0.3, 0.4) is 0 Å². The molecular weight excluding hydrogens is 468 g/mol. The minimum atomic E-state index is -3.49. The highest BCUT2D eigenvalue weighted by Crippen LogP contribution is 2.28. The first kappa shape index (κ1) is 23.0. The maximum absolute atomic E-state index is 12.7. The molecule has 0 atom stereocenters. The zero-order valence-electron chi connectivity index (χ0n) is 17.6. The molecule has 1 aliphatic rings. The lowest BCUT2D eigenvalue weighted by molar-refractivity contribution is 0.0730. The van der Waals surface area contributed by atoms with Crippen LogP contribution in [0.15, 0.2) is 57.8 Å². The van der Waals surface area contributed by atoms with Gasteiger partial charge in [-0.3, -0.25) is 0 Å². The van der Waals surface area contributed by atoms with Crippen LogP contribution in [0.5, 0.6) is 5.75 Å². The lowest BCUT2D eigenvalue weighted by atomic mass is 10.2. The molecule has 11 heteroatoms. The molecule has 170 valence electrons. The summed E-state index contributed by atoms with van der Waals surface area (Å²) in [5.41, 5.74) is 2.18. The van der Waals surface area contributed by atoms with Crippen LogP contribution in [-0.4, -0.2) is 61.6 Å². The van der Waals surface area contributed by atoms with Crippen LogP contribution in [0.2, 0.25) is 0 Å². The third-order valence-electron chi connectivity index (χ3n) is 4.72. The number of thioether (sulfide) groups is 1. The number of aromatic nitrogens is 2. The number of ether oxygens (including phenoxy) is 2. The molecule has 0 saturated carbocycles. The van der Waals surface area contributed by atoms with Gasteiger partial charge in [0.15, 0.2) is 4.34 Å². The lowest BCUT2D eigenvalue weighted by Gasteiger charge is -2.26. The molecule has 0 aliphatic carbocycles. The maximum atomic E-state index is 12.7. The quantitative estimate of drug-likeness (QED) is 0.356. The van der Waals surface area contributed by atoms with E-state index in [0.29, 0.717) is 44.4 Å². The van der Waals surface area contributed by atoms with Crippen LogP contribution in [0.25, 0.3) is 0 Å². The van der Waals surface area contributed by atoms with Crippen molar-refractivity contribution in [1.29, 1.82) is 0 Å². The Balaban J connectivity index is 1.23. The van der Waals surface area contributed by atoms with Crippen LogP contribution in [-0.2, 0) is 14.8 Å². The molecule has 32 heavy (non-hydrogen) atoms. The normalized spacial score (nSPS) is 14.9. The summed E-state index contributed by atoms with van der Waals surface area (Å²) in [6, 6.07) is 14.6. The van der Waals surface area contributed by atoms with Crippen molar-refractivity contribution in [3.63, 3.8) is 0 Å². The molecule has 2 aromatic carbocycles. The smallest absolute Gasteiger partial charge is 0.243 e. The molecule has 1 N–H and O–H groups in total. The molecule has 1 aliphatic heterocycles. The molecule has 8 nitrogen and oxygen atoms in total. The Labute approximate surface area is 196 Å². The third kappa shape index (κ3) is 5.99. The van der Waals surface area contributed by atoms with Crippen LogP contribution in [0.1, 0.15) is 5.56 Å². The van der Waals surface area contributed by atoms with Gasteiger partial charge in [-0.25, -0.2) is 8.42 Å². The van der Waals surface area contributed by atoms with Gasteiger partial charge in [0.25, 0.3) is 0 Å². The number of aryl methyl sites for hydroxylation is 1. The molecule has 0 bridgehead atoms. The Hall–Kier alpha value is -2.18. The van der Waals surface area contributed by atoms with Crippen molar-refractivity contribution in [1.82, 2.24) is 14.5 Å². The van der Waals surface area contributed by atoms with Gasteiger partial charge >= 0.3 is 0 Å². The van der Waals surface area contributed by atoms with E-state index >= 15 is 0 Å². The van der Waals surface area contributed by atoms with Gasteiger partial charge in [0, 0.05) is 24.5 Å². The molecule has 4 rings (SSSR count). The summed E-state index contributed by atoms with van der Waals surface area (Å²) in [6.45, 7) is 4.14. The van der Waals surface area contributed by atoms with E-state index in [-0.39, 0.29) is 4.90 Å². The first-order valence-corrected chi connectivity index (χ1v) is 13.4. The van der Waals surface area contributed by atoms with E-state index in [9.17, 15) is 8.42 Å². The number of nitrogens with zero attached hydrogens (tertiary/aromatic N) is 3. The minimum absolute atomic E-state index is 0.267. The molecule has 1 saturated heterocycles. The molecule has 1 aromatic heterocycles. The molecule has 1 fully saturated rings. The van der Waals surface area contributed by atoms with Crippen molar-refractivity contribution in [3.05, 3.63) is 54.1 Å². The highest BCUT2D eigenvalue weighted by atomic mass is 32.2. The standard InChI is InChI=1S/C21H24N4O4S3/c1-16-2-4-17(5-3-16)22-20-23-24-21(31-20)30-15-14-29-18-6-8-19(9-7-18)32(26,27)25-10-12-28-13-11-25/h2-9H,10-15H2,1H3,(H,22,23). The van der Waals surface area contributed by atoms with Crippen molar-refractivity contribution in [2.75, 3.05) is 44.0 Å². The largest absolute Gasteiger partial charge is 0.493 e. The summed E-state index contributed by atoms with van der Waals surface area (Å²) < 4.78 is 38.6. The second-order valence-corrected chi connectivity index (χ2v) is 11.3. The van der Waals surface area contributed by atoms with Gasteiger partial charge in [-0.15, -0.1) is 10.2 Å². The molecule has 0 amide bonds. The van der Waals surface area contributed by atoms with E-state index in [0.717, 1.165) is 15.2 Å². The fourth-order valence-corrected chi connectivity index (χ4v) is 6.08. The average molecular weight is 493 g/mol. The molecule has 0 spiro atoms. The van der Waals surface area contributed by atoms with Gasteiger partial charge < -0.3 is 14.8 Å². The fourth-order valence-electron chi connectivity index (χ4n) is 3.01. The van der Waals surface area contributed by atoms with Gasteiger partial charge in [0.2, 0.25) is 15.2 Å². The van der Waals surface area contributed by atoms with E-state index in [4.69, 9.17) is 9.47 Å². The number of anilines is 2. The summed E-state index contributed by atoms with van der Waals surface area (Å²) >= 11 is 3.06. The van der Waals surface area contributed by atoms with Crippen LogP contribution in [0, 0.1) is 6.92 Å². The van der Waals surface area contributed by atoms with Crippen LogP contribution < -0.4 is 10.1 Å². The first-order valence-electron chi connectivity index (χ1n) is 10.1. The van der Waals surface area contributed by atoms with Gasteiger partial charge in [-0.05, 0) is 43.3 Å². The predicted octanol–water partition coefficient (Wildman–Crippen LogP) is 3.78. The van der Waals surface area contributed by atoms with Gasteiger partial charge in [-0.1, -0.05) is 40.8 Å². The second kappa shape index (κ2) is 10.6. The zero-order chi connectivity index (χ0) is 22.4. The summed E-state index contributed by atoms with van der Waals surface area (Å²) in [5, 5.41) is 12.4. The number of rotatable bonds is 9. The molecule has 0 unspecified atom stereocenters. The van der Waals surface area contributed by atoms with Crippen molar-refractivity contribution < 1.29 is 17.9 Å². The van der Waals surface area contributed by atoms with Gasteiger partial charge in [0.1, 0.15) is 5.75 Å². The van der Waals surface area contributed by atoms with E-state index in [1.807, 2.05) is 31.2 Å². The Morgan fingerprint density at radius 2 is 1.81 bits per heavy atom. The SMILES string of the molecule is Cc1ccc(Nc2nnc(SCCOc3ccc(S(=O)(=O)N4CCOCC4)cc3)s2)cc1. The topological polar surface area (TPSA) is 93.7 Å². The van der Waals surface area contributed by atoms with Crippen LogP contribution in [0.4, 0.5) is 10.8 Å². The van der Waals surface area contributed by atoms with E-state index < -0.39 is 10.0 Å². The Morgan fingerprint density at radius 3 is 2.53 bits per heavy atom. The maximum Gasteiger partial charge on any atom is 0.243 e. The van der Waals surface area contributed by atoms with Gasteiger partial charge in [-0.2, -0.15) is 4.31 Å². The van der Waals surface area contributed by atoms with Crippen LogP contribution >= 0.6 is 23.1 Å². The Kier molecular flexibility index (Phi) is 7.63. The molecule has 2 heterocycles. The average Bonchev–Trinajstić information content (AvgIpc) is 3.26. The summed E-state index contributed by atoms with van der Waals surface area (Å²) in [6.07, 6.45) is 0. The number of hydrogen-bond donors (Lipinski definition) is 1. The highest BCUT2D eigenvalue weighted by molar-refractivity contribution is 8.01. The van der Waals surface area contributed by atoms with E-state index in [1.165, 1.54) is 21.2 Å². The molecular formula is C21H24N4O4S3. The van der Waals surface area contributed by atoms with Crippen molar-refractivity contribution in [2.45, 2.75) is 16.2 Å². The summed E-state index contributed by atoms with van der Waals surface area (Å²) in [5.74, 6) is 1.33. The first-order chi connectivity index (χ1) is 15.5. The highest BCUT2D eigenvalue weighted by Gasteiger charge is 2.26. The Morgan fingerprint density at radius 1 is 1.09 bits per heavy atom. The lowest BCUT2D eigenvalue weighted by Crippen LogP contribution is -2.40. The molecule has 3 aromatic rings. The van der Waals surface area contributed by atoms with E-state index in [2.05, 4.69) is 15.5 Å². The number of morpholine rings is 1. The van der Waals surface area contributed by atoms with E-state index in [1.54, 1.807) is 36.0 Å². The van der Waals surface area contributed by atoms with Gasteiger partial charge in [0.05, 0.1) is 24.7 Å². The monoisotopic (exact) mass is 492 g/mol. The van der Waals surface area contributed by atoms with Crippen molar-refractivity contribution in [3.8, 4) is 5.75 Å². The summed E-state index contributed by atoms with van der Waals surface area (Å²) in [4.78, 5) is 0.267. The fraction of sp³-hybridized carbons (Fsp3) is 0.333. The Bertz CT molecular complexity index is 1110. The zero-order valence-corrected chi connectivity index (χ0v) is 20.0. The number of sulfonamides is 1. The number of hydrogen-bond acceptors (Lipinski definition) is 9. The van der Waals surface area contributed by atoms with Crippen molar-refractivity contribution >= 4 is 43.9 Å².